The van der Waals surface area contributed by atoms with Gasteiger partial charge in [0, 0.05) is 6.07 Å². The molecular formula is C27H46O2. The highest BCUT2D eigenvalue weighted by Gasteiger charge is 1.96. The Kier molecular flexibility index (Phi) is 16.4. The van der Waals surface area contributed by atoms with Crippen LogP contribution in [-0.2, 0) is 0 Å². The number of hydrogen-bond acceptors (Lipinski definition) is 2. The summed E-state index contributed by atoms with van der Waals surface area (Å²) in [5.41, 5.74) is 0.856. The number of aromatic hydroxyl groups is 2. The first-order valence-corrected chi connectivity index (χ1v) is 12.4. The van der Waals surface area contributed by atoms with E-state index in [1.54, 1.807) is 12.1 Å². The van der Waals surface area contributed by atoms with E-state index in [-0.39, 0.29) is 11.5 Å². The largest absolute Gasteiger partial charge is 0.508 e. The summed E-state index contributed by atoms with van der Waals surface area (Å²) in [4.78, 5) is 0. The standard InChI is InChI=1S/C27H46O2/c1-2-3-4-5-6-7-8-9-10-11-12-13-14-15-16-17-18-19-20-21-25-22-26(28)24-27(29)23-25/h20-24,28-29H,2-19H2,1H3. The van der Waals surface area contributed by atoms with Gasteiger partial charge in [0.25, 0.3) is 0 Å². The fourth-order valence-electron chi connectivity index (χ4n) is 3.92. The number of rotatable bonds is 19. The maximum absolute atomic E-state index is 9.46. The lowest BCUT2D eigenvalue weighted by molar-refractivity contribution is 0.450. The molecule has 0 aliphatic carbocycles. The molecule has 1 aromatic carbocycles. The maximum Gasteiger partial charge on any atom is 0.119 e. The van der Waals surface area contributed by atoms with E-state index in [0.29, 0.717) is 0 Å². The first-order chi connectivity index (χ1) is 14.2. The second-order valence-electron chi connectivity index (χ2n) is 8.63. The minimum absolute atomic E-state index is 0.113. The van der Waals surface area contributed by atoms with Gasteiger partial charge in [-0.1, -0.05) is 122 Å². The first kappa shape index (κ1) is 25.6. The Morgan fingerprint density at radius 2 is 0.931 bits per heavy atom. The van der Waals surface area contributed by atoms with E-state index in [0.717, 1.165) is 12.0 Å². The monoisotopic (exact) mass is 402 g/mol. The molecule has 0 atom stereocenters. The van der Waals surface area contributed by atoms with Gasteiger partial charge in [-0.15, -0.1) is 0 Å². The van der Waals surface area contributed by atoms with E-state index in [9.17, 15) is 10.2 Å². The topological polar surface area (TPSA) is 40.5 Å². The van der Waals surface area contributed by atoms with Gasteiger partial charge in [0.05, 0.1) is 0 Å². The molecule has 0 aliphatic rings. The molecule has 166 valence electrons. The fourth-order valence-corrected chi connectivity index (χ4v) is 3.92. The van der Waals surface area contributed by atoms with Crippen LogP contribution in [-0.4, -0.2) is 10.2 Å². The Morgan fingerprint density at radius 3 is 1.34 bits per heavy atom. The number of hydrogen-bond donors (Lipinski definition) is 2. The third-order valence-corrected chi connectivity index (χ3v) is 5.71. The lowest BCUT2D eigenvalue weighted by atomic mass is 10.0. The quantitative estimate of drug-likeness (QED) is 0.226. The van der Waals surface area contributed by atoms with Gasteiger partial charge in [-0.3, -0.25) is 0 Å². The highest BCUT2D eigenvalue weighted by molar-refractivity contribution is 5.54. The maximum atomic E-state index is 9.46. The van der Waals surface area contributed by atoms with E-state index >= 15 is 0 Å². The van der Waals surface area contributed by atoms with Gasteiger partial charge in [0.1, 0.15) is 11.5 Å². The van der Waals surface area contributed by atoms with Gasteiger partial charge in [-0.2, -0.15) is 0 Å². The summed E-state index contributed by atoms with van der Waals surface area (Å²) in [6.07, 6.45) is 29.0. The summed E-state index contributed by atoms with van der Waals surface area (Å²) in [7, 11) is 0. The Balaban J connectivity index is 1.79. The summed E-state index contributed by atoms with van der Waals surface area (Å²) in [6.45, 7) is 2.29. The molecule has 0 unspecified atom stereocenters. The van der Waals surface area contributed by atoms with Crippen molar-refractivity contribution in [2.24, 2.45) is 0 Å². The van der Waals surface area contributed by atoms with Crippen LogP contribution in [0.1, 0.15) is 128 Å². The molecule has 0 aliphatic heterocycles. The van der Waals surface area contributed by atoms with Gasteiger partial charge in [-0.25, -0.2) is 0 Å². The van der Waals surface area contributed by atoms with Crippen molar-refractivity contribution < 1.29 is 10.2 Å². The average molecular weight is 403 g/mol. The van der Waals surface area contributed by atoms with E-state index < -0.39 is 0 Å². The summed E-state index contributed by atoms with van der Waals surface area (Å²) in [5, 5.41) is 18.9. The third kappa shape index (κ3) is 16.1. The molecule has 0 saturated carbocycles. The molecule has 0 bridgehead atoms. The van der Waals surface area contributed by atoms with E-state index in [1.807, 2.05) is 6.08 Å². The molecule has 1 rings (SSSR count). The van der Waals surface area contributed by atoms with Gasteiger partial charge >= 0.3 is 0 Å². The summed E-state index contributed by atoms with van der Waals surface area (Å²) in [6, 6.07) is 4.70. The van der Waals surface area contributed by atoms with Crippen molar-refractivity contribution >= 4 is 6.08 Å². The number of phenolic OH excluding ortho intramolecular Hbond substituents is 2. The van der Waals surface area contributed by atoms with Crippen molar-refractivity contribution in [1.82, 2.24) is 0 Å². The fraction of sp³-hybridized carbons (Fsp3) is 0.704. The normalized spacial score (nSPS) is 11.5. The van der Waals surface area contributed by atoms with E-state index in [2.05, 4.69) is 13.0 Å². The minimum Gasteiger partial charge on any atom is -0.508 e. The van der Waals surface area contributed by atoms with Crippen molar-refractivity contribution in [2.45, 2.75) is 122 Å². The number of unbranched alkanes of at least 4 members (excludes halogenated alkanes) is 17. The molecule has 0 radical (unpaired) electrons. The van der Waals surface area contributed by atoms with Crippen LogP contribution in [0.15, 0.2) is 24.3 Å². The highest BCUT2D eigenvalue weighted by Crippen LogP contribution is 2.21. The van der Waals surface area contributed by atoms with Crippen LogP contribution in [0.25, 0.3) is 6.08 Å². The predicted molar refractivity (Wildman–Crippen MR) is 128 cm³/mol. The third-order valence-electron chi connectivity index (χ3n) is 5.71. The molecule has 0 saturated heterocycles. The van der Waals surface area contributed by atoms with E-state index in [4.69, 9.17) is 0 Å². The zero-order chi connectivity index (χ0) is 21.0. The molecule has 0 fully saturated rings. The van der Waals surface area contributed by atoms with Crippen molar-refractivity contribution in [3.05, 3.63) is 29.8 Å². The molecule has 0 spiro atoms. The van der Waals surface area contributed by atoms with Gasteiger partial charge in [0.2, 0.25) is 0 Å². The van der Waals surface area contributed by atoms with Crippen LogP contribution < -0.4 is 0 Å². The zero-order valence-corrected chi connectivity index (χ0v) is 19.0. The highest BCUT2D eigenvalue weighted by atomic mass is 16.3. The SMILES string of the molecule is CCCCCCCCCCCCCCCCCCCC=Cc1cc(O)cc(O)c1. The lowest BCUT2D eigenvalue weighted by Gasteiger charge is -2.03. The molecule has 1 aromatic rings. The zero-order valence-electron chi connectivity index (χ0n) is 19.0. The van der Waals surface area contributed by atoms with Crippen LogP contribution in [0, 0.1) is 0 Å². The summed E-state index contributed by atoms with van der Waals surface area (Å²) >= 11 is 0. The van der Waals surface area contributed by atoms with Crippen molar-refractivity contribution in [2.75, 3.05) is 0 Å². The van der Waals surface area contributed by atoms with Gasteiger partial charge in [-0.05, 0) is 30.5 Å². The number of allylic oxidation sites excluding steroid dienone is 1. The Labute approximate surface area is 180 Å². The van der Waals surface area contributed by atoms with Crippen LogP contribution >= 0.6 is 0 Å². The molecule has 0 heterocycles. The summed E-state index contributed by atoms with van der Waals surface area (Å²) in [5.74, 6) is 0.227. The predicted octanol–water partition coefficient (Wildman–Crippen LogP) is 9.15. The summed E-state index contributed by atoms with van der Waals surface area (Å²) < 4.78 is 0. The Bertz CT molecular complexity index is 501. The van der Waals surface area contributed by atoms with Crippen LogP contribution in [0.4, 0.5) is 0 Å². The molecule has 0 amide bonds. The second-order valence-corrected chi connectivity index (χ2v) is 8.63. The minimum atomic E-state index is 0.113. The van der Waals surface area contributed by atoms with E-state index in [1.165, 1.54) is 115 Å². The molecule has 29 heavy (non-hydrogen) atoms. The van der Waals surface area contributed by atoms with Crippen molar-refractivity contribution in [1.29, 1.82) is 0 Å². The molecule has 2 N–H and O–H groups in total. The van der Waals surface area contributed by atoms with Crippen molar-refractivity contribution in [3.8, 4) is 11.5 Å². The van der Waals surface area contributed by atoms with Gasteiger partial charge < -0.3 is 10.2 Å². The average Bonchev–Trinajstić information content (AvgIpc) is 2.69. The Hall–Kier alpha value is -1.44. The molecule has 2 heteroatoms. The lowest BCUT2D eigenvalue weighted by Crippen LogP contribution is -1.83. The molecule has 2 nitrogen and oxygen atoms in total. The van der Waals surface area contributed by atoms with Crippen LogP contribution in [0.5, 0.6) is 11.5 Å². The first-order valence-electron chi connectivity index (χ1n) is 12.4. The van der Waals surface area contributed by atoms with Crippen LogP contribution in [0.2, 0.25) is 0 Å². The Morgan fingerprint density at radius 1 is 0.552 bits per heavy atom. The number of phenols is 2. The number of benzene rings is 1. The molecule has 0 aromatic heterocycles. The van der Waals surface area contributed by atoms with Gasteiger partial charge in [0.15, 0.2) is 0 Å². The van der Waals surface area contributed by atoms with Crippen molar-refractivity contribution in [3.63, 3.8) is 0 Å². The second kappa shape index (κ2) is 18.6. The molecular weight excluding hydrogens is 356 g/mol. The smallest absolute Gasteiger partial charge is 0.119 e. The van der Waals surface area contributed by atoms with Crippen LogP contribution in [0.3, 0.4) is 0 Å².